The maximum atomic E-state index is 8.65. The molecule has 1 saturated carbocycles. The Labute approximate surface area is 98.7 Å². The van der Waals surface area contributed by atoms with Crippen molar-refractivity contribution in [3.05, 3.63) is 28.8 Å². The summed E-state index contributed by atoms with van der Waals surface area (Å²) < 4.78 is 5.61. The predicted molar refractivity (Wildman–Crippen MR) is 62.2 cm³/mol. The third kappa shape index (κ3) is 2.58. The number of amidine groups is 1. The molecule has 0 radical (unpaired) electrons. The van der Waals surface area contributed by atoms with E-state index in [4.69, 9.17) is 27.3 Å². The van der Waals surface area contributed by atoms with Gasteiger partial charge in [0.1, 0.15) is 5.75 Å². The molecule has 0 aromatic heterocycles. The maximum Gasteiger partial charge on any atom is 0.173 e. The third-order valence-corrected chi connectivity index (χ3v) is 2.73. The van der Waals surface area contributed by atoms with Gasteiger partial charge in [-0.2, -0.15) is 0 Å². The summed E-state index contributed by atoms with van der Waals surface area (Å²) in [7, 11) is 0. The monoisotopic (exact) mass is 240 g/mol. The minimum Gasteiger partial charge on any atom is -0.492 e. The van der Waals surface area contributed by atoms with Gasteiger partial charge >= 0.3 is 0 Å². The van der Waals surface area contributed by atoms with E-state index >= 15 is 0 Å². The fraction of sp³-hybridized carbons (Fsp3) is 0.364. The molecule has 0 bridgehead atoms. The second-order valence-electron chi connectivity index (χ2n) is 3.88. The molecule has 5 heteroatoms. The first-order chi connectivity index (χ1) is 7.70. The summed E-state index contributed by atoms with van der Waals surface area (Å²) in [6, 6.07) is 5.04. The van der Waals surface area contributed by atoms with Crippen LogP contribution >= 0.6 is 11.6 Å². The van der Waals surface area contributed by atoms with Crippen LogP contribution in [0.2, 0.25) is 5.02 Å². The van der Waals surface area contributed by atoms with Gasteiger partial charge in [-0.3, -0.25) is 0 Å². The molecule has 0 atom stereocenters. The highest BCUT2D eigenvalue weighted by atomic mass is 35.5. The van der Waals surface area contributed by atoms with Crippen LogP contribution < -0.4 is 10.5 Å². The van der Waals surface area contributed by atoms with Crippen LogP contribution in [0.25, 0.3) is 0 Å². The van der Waals surface area contributed by atoms with Crippen molar-refractivity contribution in [2.75, 3.05) is 6.61 Å². The lowest BCUT2D eigenvalue weighted by atomic mass is 10.2. The molecular formula is C11H13ClN2O2. The molecule has 1 fully saturated rings. The van der Waals surface area contributed by atoms with Gasteiger partial charge in [-0.1, -0.05) is 16.8 Å². The largest absolute Gasteiger partial charge is 0.492 e. The Morgan fingerprint density at radius 2 is 2.31 bits per heavy atom. The molecule has 2 rings (SSSR count). The molecule has 0 saturated heterocycles. The quantitative estimate of drug-likeness (QED) is 0.367. The van der Waals surface area contributed by atoms with E-state index in [2.05, 4.69) is 5.16 Å². The Morgan fingerprint density at radius 3 is 2.94 bits per heavy atom. The summed E-state index contributed by atoms with van der Waals surface area (Å²) in [4.78, 5) is 0. The number of nitrogens with zero attached hydrogens (tertiary/aromatic N) is 1. The van der Waals surface area contributed by atoms with Crippen molar-refractivity contribution in [2.45, 2.75) is 12.8 Å². The number of rotatable bonds is 4. The number of hydrogen-bond donors (Lipinski definition) is 2. The van der Waals surface area contributed by atoms with Crippen molar-refractivity contribution in [2.24, 2.45) is 16.8 Å². The molecule has 86 valence electrons. The molecular weight excluding hydrogens is 228 g/mol. The third-order valence-electron chi connectivity index (χ3n) is 2.50. The number of hydrogen-bond acceptors (Lipinski definition) is 3. The van der Waals surface area contributed by atoms with Crippen LogP contribution in [0.5, 0.6) is 5.75 Å². The highest BCUT2D eigenvalue weighted by molar-refractivity contribution is 6.30. The first-order valence-corrected chi connectivity index (χ1v) is 5.48. The molecule has 1 aliphatic rings. The highest BCUT2D eigenvalue weighted by Gasteiger charge is 2.22. The smallest absolute Gasteiger partial charge is 0.173 e. The van der Waals surface area contributed by atoms with E-state index in [1.54, 1.807) is 18.2 Å². The minimum absolute atomic E-state index is 0.0301. The summed E-state index contributed by atoms with van der Waals surface area (Å²) in [6.45, 7) is 0.659. The van der Waals surface area contributed by atoms with Crippen LogP contribution in [-0.4, -0.2) is 17.6 Å². The van der Waals surface area contributed by atoms with Crippen molar-refractivity contribution in [3.8, 4) is 5.75 Å². The number of oxime groups is 1. The van der Waals surface area contributed by atoms with Gasteiger partial charge in [-0.25, -0.2) is 0 Å². The van der Waals surface area contributed by atoms with Crippen LogP contribution in [0.15, 0.2) is 23.4 Å². The average molecular weight is 241 g/mol. The van der Waals surface area contributed by atoms with Crippen molar-refractivity contribution in [1.29, 1.82) is 0 Å². The molecule has 16 heavy (non-hydrogen) atoms. The Kier molecular flexibility index (Phi) is 3.19. The van der Waals surface area contributed by atoms with Crippen LogP contribution in [-0.2, 0) is 0 Å². The Hall–Kier alpha value is -1.42. The van der Waals surface area contributed by atoms with Gasteiger partial charge in [-0.15, -0.1) is 0 Å². The normalized spacial score (nSPS) is 16.2. The second kappa shape index (κ2) is 4.61. The van der Waals surface area contributed by atoms with Gasteiger partial charge in [0.05, 0.1) is 12.2 Å². The van der Waals surface area contributed by atoms with E-state index in [1.807, 2.05) is 0 Å². The maximum absolute atomic E-state index is 8.65. The average Bonchev–Trinajstić information content (AvgIpc) is 3.09. The van der Waals surface area contributed by atoms with Crippen LogP contribution in [0, 0.1) is 5.92 Å². The van der Waals surface area contributed by atoms with Gasteiger partial charge in [-0.05, 0) is 37.0 Å². The zero-order valence-corrected chi connectivity index (χ0v) is 9.44. The summed E-state index contributed by atoms with van der Waals surface area (Å²) >= 11 is 5.87. The molecule has 3 N–H and O–H groups in total. The molecule has 0 spiro atoms. The van der Waals surface area contributed by atoms with E-state index in [9.17, 15) is 0 Å². The summed E-state index contributed by atoms with van der Waals surface area (Å²) in [5, 5.41) is 12.2. The Morgan fingerprint density at radius 1 is 1.56 bits per heavy atom. The van der Waals surface area contributed by atoms with Gasteiger partial charge in [0.15, 0.2) is 5.84 Å². The summed E-state index contributed by atoms with van der Waals surface area (Å²) in [5.41, 5.74) is 6.11. The molecule has 1 aromatic carbocycles. The van der Waals surface area contributed by atoms with Crippen molar-refractivity contribution < 1.29 is 9.94 Å². The van der Waals surface area contributed by atoms with Gasteiger partial charge in [0, 0.05) is 5.02 Å². The van der Waals surface area contributed by atoms with E-state index < -0.39 is 0 Å². The van der Waals surface area contributed by atoms with Crippen molar-refractivity contribution >= 4 is 17.4 Å². The summed E-state index contributed by atoms with van der Waals surface area (Å²) in [5.74, 6) is 1.23. The van der Waals surface area contributed by atoms with E-state index in [0.717, 1.165) is 0 Å². The van der Waals surface area contributed by atoms with E-state index in [1.165, 1.54) is 12.8 Å². The lowest BCUT2D eigenvalue weighted by Gasteiger charge is -2.10. The lowest BCUT2D eigenvalue weighted by molar-refractivity contribution is 0.297. The van der Waals surface area contributed by atoms with Crippen LogP contribution in [0.4, 0.5) is 0 Å². The number of nitrogens with two attached hydrogens (primary N) is 1. The number of benzene rings is 1. The van der Waals surface area contributed by atoms with E-state index in [-0.39, 0.29) is 5.84 Å². The second-order valence-corrected chi connectivity index (χ2v) is 4.32. The first-order valence-electron chi connectivity index (χ1n) is 5.11. The van der Waals surface area contributed by atoms with Gasteiger partial charge < -0.3 is 15.7 Å². The summed E-state index contributed by atoms with van der Waals surface area (Å²) in [6.07, 6.45) is 2.42. The van der Waals surface area contributed by atoms with Crippen LogP contribution in [0.1, 0.15) is 18.4 Å². The van der Waals surface area contributed by atoms with Gasteiger partial charge in [0.2, 0.25) is 0 Å². The number of ether oxygens (including phenoxy) is 1. The number of halogens is 1. The zero-order valence-electron chi connectivity index (χ0n) is 8.69. The van der Waals surface area contributed by atoms with Gasteiger partial charge in [0.25, 0.3) is 0 Å². The molecule has 0 heterocycles. The molecule has 0 unspecified atom stereocenters. The molecule has 4 nitrogen and oxygen atoms in total. The molecule has 0 amide bonds. The van der Waals surface area contributed by atoms with E-state index in [0.29, 0.717) is 28.9 Å². The fourth-order valence-corrected chi connectivity index (χ4v) is 1.54. The van der Waals surface area contributed by atoms with Crippen molar-refractivity contribution in [3.63, 3.8) is 0 Å². The molecule has 1 aliphatic carbocycles. The first kappa shape index (κ1) is 11.1. The zero-order chi connectivity index (χ0) is 11.5. The van der Waals surface area contributed by atoms with Crippen molar-refractivity contribution in [1.82, 2.24) is 0 Å². The lowest BCUT2D eigenvalue weighted by Crippen LogP contribution is -2.15. The molecule has 0 aliphatic heterocycles. The SMILES string of the molecule is NC(=NO)c1ccc(Cl)cc1OCC1CC1. The Bertz CT molecular complexity index is 416. The fourth-order valence-electron chi connectivity index (χ4n) is 1.37. The minimum atomic E-state index is 0.0301. The Balaban J connectivity index is 2.20. The topological polar surface area (TPSA) is 67.8 Å². The van der Waals surface area contributed by atoms with Crippen LogP contribution in [0.3, 0.4) is 0 Å². The predicted octanol–water partition coefficient (Wildman–Crippen LogP) is 2.22. The molecule has 1 aromatic rings. The highest BCUT2D eigenvalue weighted by Crippen LogP contribution is 2.31. The standard InChI is InChI=1S/C11H13ClN2O2/c12-8-3-4-9(11(13)14-15)10(5-8)16-6-7-1-2-7/h3-5,7,15H,1-2,6H2,(H2,13,14).